The SMILES string of the molecule is O=C(CCOc1ccccc1F)NCC1(c2ccccc2)CCC1. The molecule has 1 aliphatic carbocycles. The smallest absolute Gasteiger partial charge is 0.223 e. The van der Waals surface area contributed by atoms with Gasteiger partial charge in [-0.15, -0.1) is 0 Å². The summed E-state index contributed by atoms with van der Waals surface area (Å²) in [4.78, 5) is 12.1. The van der Waals surface area contributed by atoms with Crippen LogP contribution in [0.3, 0.4) is 0 Å². The van der Waals surface area contributed by atoms with Crippen molar-refractivity contribution in [3.05, 3.63) is 66.0 Å². The highest BCUT2D eigenvalue weighted by Gasteiger charge is 2.38. The highest BCUT2D eigenvalue weighted by molar-refractivity contribution is 5.76. The molecule has 0 aliphatic heterocycles. The Hall–Kier alpha value is -2.36. The summed E-state index contributed by atoms with van der Waals surface area (Å²) in [7, 11) is 0. The molecule has 1 saturated carbocycles. The highest BCUT2D eigenvalue weighted by atomic mass is 19.1. The minimum atomic E-state index is -0.407. The summed E-state index contributed by atoms with van der Waals surface area (Å²) in [6, 6.07) is 16.6. The summed E-state index contributed by atoms with van der Waals surface area (Å²) in [5.41, 5.74) is 1.36. The molecule has 2 aromatic rings. The lowest BCUT2D eigenvalue weighted by atomic mass is 9.64. The van der Waals surface area contributed by atoms with Gasteiger partial charge in [-0.25, -0.2) is 4.39 Å². The van der Waals surface area contributed by atoms with Gasteiger partial charge < -0.3 is 10.1 Å². The molecule has 0 aromatic heterocycles. The van der Waals surface area contributed by atoms with Gasteiger partial charge in [0.15, 0.2) is 11.6 Å². The quantitative estimate of drug-likeness (QED) is 0.839. The third-order valence-electron chi connectivity index (χ3n) is 4.74. The summed E-state index contributed by atoms with van der Waals surface area (Å²) in [6.45, 7) is 0.820. The molecule has 24 heavy (non-hydrogen) atoms. The molecule has 3 nitrogen and oxygen atoms in total. The summed E-state index contributed by atoms with van der Waals surface area (Å²) in [6.07, 6.45) is 3.62. The third kappa shape index (κ3) is 3.75. The molecular formula is C20H22FNO2. The van der Waals surface area contributed by atoms with Gasteiger partial charge in [0, 0.05) is 12.0 Å². The zero-order valence-corrected chi connectivity index (χ0v) is 13.6. The van der Waals surface area contributed by atoms with E-state index in [-0.39, 0.29) is 30.1 Å². The number of halogens is 1. The van der Waals surface area contributed by atoms with E-state index in [2.05, 4.69) is 17.4 Å². The van der Waals surface area contributed by atoms with Gasteiger partial charge in [0.1, 0.15) is 0 Å². The van der Waals surface area contributed by atoms with Crippen LogP contribution in [0.5, 0.6) is 5.75 Å². The Morgan fingerprint density at radius 3 is 2.46 bits per heavy atom. The summed E-state index contributed by atoms with van der Waals surface area (Å²) >= 11 is 0. The number of nitrogens with one attached hydrogen (secondary N) is 1. The predicted octanol–water partition coefficient (Wildman–Crippen LogP) is 3.83. The first-order valence-electron chi connectivity index (χ1n) is 8.39. The van der Waals surface area contributed by atoms with Gasteiger partial charge in [-0.3, -0.25) is 4.79 Å². The van der Waals surface area contributed by atoms with Gasteiger partial charge in [-0.05, 0) is 30.5 Å². The van der Waals surface area contributed by atoms with E-state index in [0.29, 0.717) is 6.54 Å². The normalized spacial score (nSPS) is 15.4. The van der Waals surface area contributed by atoms with Crippen molar-refractivity contribution in [1.29, 1.82) is 0 Å². The standard InChI is InChI=1S/C20H22FNO2/c21-17-9-4-5-10-18(17)24-14-11-19(23)22-15-20(12-6-13-20)16-7-2-1-3-8-16/h1-5,7-10H,6,11-15H2,(H,22,23). The van der Waals surface area contributed by atoms with E-state index in [4.69, 9.17) is 4.74 Å². The van der Waals surface area contributed by atoms with Crippen LogP contribution in [0.1, 0.15) is 31.2 Å². The van der Waals surface area contributed by atoms with Gasteiger partial charge in [0.25, 0.3) is 0 Å². The Morgan fingerprint density at radius 1 is 1.08 bits per heavy atom. The van der Waals surface area contributed by atoms with E-state index in [9.17, 15) is 9.18 Å². The average Bonchev–Trinajstić information content (AvgIpc) is 2.57. The molecule has 0 bridgehead atoms. The molecule has 1 aliphatic rings. The van der Waals surface area contributed by atoms with Gasteiger partial charge in [0.2, 0.25) is 5.91 Å². The van der Waals surface area contributed by atoms with Crippen molar-refractivity contribution in [1.82, 2.24) is 5.32 Å². The number of benzene rings is 2. The third-order valence-corrected chi connectivity index (χ3v) is 4.74. The Morgan fingerprint density at radius 2 is 1.79 bits per heavy atom. The Kier molecular flexibility index (Phi) is 5.14. The predicted molar refractivity (Wildman–Crippen MR) is 91.5 cm³/mol. The molecule has 126 valence electrons. The second-order valence-electron chi connectivity index (χ2n) is 6.31. The number of carbonyl (C=O) groups excluding carboxylic acids is 1. The minimum Gasteiger partial charge on any atom is -0.490 e. The molecule has 2 aromatic carbocycles. The van der Waals surface area contributed by atoms with Gasteiger partial charge in [-0.2, -0.15) is 0 Å². The number of carbonyl (C=O) groups is 1. The van der Waals surface area contributed by atoms with Gasteiger partial charge in [-0.1, -0.05) is 48.9 Å². The van der Waals surface area contributed by atoms with Gasteiger partial charge >= 0.3 is 0 Å². The zero-order valence-electron chi connectivity index (χ0n) is 13.6. The lowest BCUT2D eigenvalue weighted by Crippen LogP contribution is -2.45. The van der Waals surface area contributed by atoms with Crippen molar-refractivity contribution in [3.63, 3.8) is 0 Å². The number of rotatable bonds is 7. The maximum Gasteiger partial charge on any atom is 0.223 e. The molecule has 0 radical (unpaired) electrons. The molecule has 4 heteroatoms. The van der Waals surface area contributed by atoms with Crippen molar-refractivity contribution in [2.45, 2.75) is 31.1 Å². The van der Waals surface area contributed by atoms with Crippen molar-refractivity contribution < 1.29 is 13.9 Å². The summed E-state index contributed by atoms with van der Waals surface area (Å²) in [5.74, 6) is -0.283. The molecule has 1 N–H and O–H groups in total. The summed E-state index contributed by atoms with van der Waals surface area (Å²) in [5, 5.41) is 3.01. The van der Waals surface area contributed by atoms with Crippen molar-refractivity contribution in [2.24, 2.45) is 0 Å². The fraction of sp³-hybridized carbons (Fsp3) is 0.350. The van der Waals surface area contributed by atoms with Crippen LogP contribution in [0.2, 0.25) is 0 Å². The lowest BCUT2D eigenvalue weighted by Gasteiger charge is -2.42. The van der Waals surface area contributed by atoms with Crippen LogP contribution in [0.25, 0.3) is 0 Å². The second kappa shape index (κ2) is 7.47. The highest BCUT2D eigenvalue weighted by Crippen LogP contribution is 2.43. The molecule has 1 fully saturated rings. The van der Waals surface area contributed by atoms with Crippen LogP contribution in [0, 0.1) is 5.82 Å². The van der Waals surface area contributed by atoms with Crippen molar-refractivity contribution in [2.75, 3.05) is 13.2 Å². The Labute approximate surface area is 141 Å². The Bertz CT molecular complexity index is 683. The van der Waals surface area contributed by atoms with Crippen molar-refractivity contribution in [3.8, 4) is 5.75 Å². The summed E-state index contributed by atoms with van der Waals surface area (Å²) < 4.78 is 18.8. The zero-order chi connectivity index (χ0) is 16.8. The minimum absolute atomic E-state index is 0.0615. The lowest BCUT2D eigenvalue weighted by molar-refractivity contribution is -0.122. The van der Waals surface area contributed by atoms with Crippen molar-refractivity contribution >= 4 is 5.91 Å². The molecule has 0 saturated heterocycles. The van der Waals surface area contributed by atoms with E-state index >= 15 is 0 Å². The number of ether oxygens (including phenoxy) is 1. The van der Waals surface area contributed by atoms with Crippen LogP contribution in [-0.4, -0.2) is 19.1 Å². The number of para-hydroxylation sites is 1. The van der Waals surface area contributed by atoms with Crippen LogP contribution >= 0.6 is 0 Å². The fourth-order valence-electron chi connectivity index (χ4n) is 3.13. The Balaban J connectivity index is 1.46. The second-order valence-corrected chi connectivity index (χ2v) is 6.31. The van der Waals surface area contributed by atoms with E-state index in [1.165, 1.54) is 18.1 Å². The topological polar surface area (TPSA) is 38.3 Å². The van der Waals surface area contributed by atoms with Crippen LogP contribution < -0.4 is 10.1 Å². The monoisotopic (exact) mass is 327 g/mol. The number of hydrogen-bond donors (Lipinski definition) is 1. The number of amides is 1. The molecule has 0 spiro atoms. The largest absolute Gasteiger partial charge is 0.490 e. The molecule has 0 atom stereocenters. The first kappa shape index (κ1) is 16.5. The van der Waals surface area contributed by atoms with E-state index in [1.807, 2.05) is 18.2 Å². The van der Waals surface area contributed by atoms with Crippen LogP contribution in [-0.2, 0) is 10.2 Å². The average molecular weight is 327 g/mol. The van der Waals surface area contributed by atoms with E-state index < -0.39 is 5.82 Å². The number of hydrogen-bond acceptors (Lipinski definition) is 2. The first-order chi connectivity index (χ1) is 11.7. The molecule has 3 rings (SSSR count). The van der Waals surface area contributed by atoms with Crippen LogP contribution in [0.4, 0.5) is 4.39 Å². The molecule has 0 unspecified atom stereocenters. The molecule has 0 heterocycles. The maximum absolute atomic E-state index is 13.4. The first-order valence-corrected chi connectivity index (χ1v) is 8.39. The molecule has 1 amide bonds. The molecular weight excluding hydrogens is 305 g/mol. The fourth-order valence-corrected chi connectivity index (χ4v) is 3.13. The van der Waals surface area contributed by atoms with E-state index in [1.54, 1.807) is 18.2 Å². The van der Waals surface area contributed by atoms with Crippen LogP contribution in [0.15, 0.2) is 54.6 Å². The maximum atomic E-state index is 13.4. The van der Waals surface area contributed by atoms with E-state index in [0.717, 1.165) is 12.8 Å². The van der Waals surface area contributed by atoms with Gasteiger partial charge in [0.05, 0.1) is 13.0 Å².